The monoisotopic (exact) mass is 446 g/mol. The third-order valence-corrected chi connectivity index (χ3v) is 5.45. The highest BCUT2D eigenvalue weighted by Gasteiger charge is 2.23. The molecule has 170 valence electrons. The van der Waals surface area contributed by atoms with Gasteiger partial charge in [-0.25, -0.2) is 9.59 Å². The Labute approximate surface area is 192 Å². The van der Waals surface area contributed by atoms with Gasteiger partial charge in [0, 0.05) is 12.2 Å². The highest BCUT2D eigenvalue weighted by Crippen LogP contribution is 2.33. The lowest BCUT2D eigenvalue weighted by atomic mass is 10.1. The molecule has 0 saturated heterocycles. The summed E-state index contributed by atoms with van der Waals surface area (Å²) in [5, 5.41) is 2.94. The summed E-state index contributed by atoms with van der Waals surface area (Å²) >= 11 is 0. The lowest BCUT2D eigenvalue weighted by molar-refractivity contribution is 0.0526. The molecule has 0 aromatic heterocycles. The maximum atomic E-state index is 13.4. The van der Waals surface area contributed by atoms with Crippen LogP contribution in [0.3, 0.4) is 0 Å². The number of hydrogen-bond acceptors (Lipinski definition) is 5. The zero-order valence-corrected chi connectivity index (χ0v) is 18.6. The highest BCUT2D eigenvalue weighted by molar-refractivity contribution is 5.92. The second kappa shape index (κ2) is 10.1. The van der Waals surface area contributed by atoms with Crippen molar-refractivity contribution in [2.45, 2.75) is 26.4 Å². The van der Waals surface area contributed by atoms with Crippen LogP contribution in [-0.2, 0) is 11.3 Å². The SMILES string of the molecule is CCOC(=O)c1ccc(NC(=O)N(Cc2ccc3c(c2)OCO3)C(C)c2ccccc2)cc1. The Morgan fingerprint density at radius 2 is 1.73 bits per heavy atom. The predicted molar refractivity (Wildman–Crippen MR) is 124 cm³/mol. The molecule has 1 heterocycles. The molecule has 0 fully saturated rings. The van der Waals surface area contributed by atoms with Crippen LogP contribution in [0.2, 0.25) is 0 Å². The number of fused-ring (bicyclic) bond motifs is 1. The molecule has 7 heteroatoms. The van der Waals surface area contributed by atoms with Gasteiger partial charge in [-0.3, -0.25) is 0 Å². The Hall–Kier alpha value is -4.00. The molecule has 1 N–H and O–H groups in total. The van der Waals surface area contributed by atoms with Gasteiger partial charge in [-0.05, 0) is 61.4 Å². The molecule has 0 radical (unpaired) electrons. The highest BCUT2D eigenvalue weighted by atomic mass is 16.7. The number of hydrogen-bond donors (Lipinski definition) is 1. The minimum atomic E-state index is -0.391. The standard InChI is InChI=1S/C26H26N2O5/c1-3-31-25(29)21-10-12-22(13-11-21)27-26(30)28(18(2)20-7-5-4-6-8-20)16-19-9-14-23-24(15-19)33-17-32-23/h4-15,18H,3,16-17H2,1-2H3,(H,27,30). The van der Waals surface area contributed by atoms with E-state index in [1.54, 1.807) is 36.1 Å². The maximum Gasteiger partial charge on any atom is 0.338 e. The molecule has 3 aromatic rings. The minimum absolute atomic E-state index is 0.185. The molecule has 1 atom stereocenters. The number of nitrogens with zero attached hydrogens (tertiary/aromatic N) is 1. The Morgan fingerprint density at radius 3 is 2.45 bits per heavy atom. The predicted octanol–water partition coefficient (Wildman–Crippen LogP) is 5.39. The van der Waals surface area contributed by atoms with Crippen molar-refractivity contribution < 1.29 is 23.8 Å². The Kier molecular flexibility index (Phi) is 6.78. The molecule has 1 aliphatic heterocycles. The van der Waals surface area contributed by atoms with Gasteiger partial charge in [-0.1, -0.05) is 36.4 Å². The van der Waals surface area contributed by atoms with Gasteiger partial charge in [0.05, 0.1) is 18.2 Å². The Balaban J connectivity index is 1.54. The number of nitrogens with one attached hydrogen (secondary N) is 1. The molecule has 33 heavy (non-hydrogen) atoms. The molecule has 0 bridgehead atoms. The Bertz CT molecular complexity index is 1120. The van der Waals surface area contributed by atoms with Crippen molar-refractivity contribution in [3.8, 4) is 11.5 Å². The van der Waals surface area contributed by atoms with Crippen molar-refractivity contribution in [3.05, 3.63) is 89.5 Å². The number of anilines is 1. The number of amides is 2. The van der Waals surface area contributed by atoms with Gasteiger partial charge in [0.15, 0.2) is 11.5 Å². The molecule has 1 aliphatic rings. The molecule has 2 amide bonds. The van der Waals surface area contributed by atoms with Crippen LogP contribution in [0.1, 0.15) is 41.4 Å². The van der Waals surface area contributed by atoms with Gasteiger partial charge < -0.3 is 24.4 Å². The van der Waals surface area contributed by atoms with E-state index in [0.29, 0.717) is 35.9 Å². The summed E-state index contributed by atoms with van der Waals surface area (Å²) < 4.78 is 15.9. The molecule has 3 aromatic carbocycles. The van der Waals surface area contributed by atoms with E-state index in [-0.39, 0.29) is 18.9 Å². The summed E-state index contributed by atoms with van der Waals surface area (Å²) in [5.41, 5.74) is 2.97. The third-order valence-electron chi connectivity index (χ3n) is 5.45. The smallest absolute Gasteiger partial charge is 0.338 e. The van der Waals surface area contributed by atoms with Crippen LogP contribution < -0.4 is 14.8 Å². The number of esters is 1. The number of ether oxygens (including phenoxy) is 3. The molecule has 1 unspecified atom stereocenters. The van der Waals surface area contributed by atoms with Gasteiger partial charge in [-0.2, -0.15) is 0 Å². The van der Waals surface area contributed by atoms with E-state index in [1.807, 2.05) is 55.5 Å². The largest absolute Gasteiger partial charge is 0.462 e. The normalized spacial score (nSPS) is 12.7. The van der Waals surface area contributed by atoms with Crippen LogP contribution in [0.5, 0.6) is 11.5 Å². The number of carbonyl (C=O) groups excluding carboxylic acids is 2. The molecular weight excluding hydrogens is 420 g/mol. The second-order valence-electron chi connectivity index (χ2n) is 7.63. The summed E-state index contributed by atoms with van der Waals surface area (Å²) in [6.45, 7) is 4.63. The summed E-state index contributed by atoms with van der Waals surface area (Å²) in [6, 6.07) is 21.7. The molecule has 0 spiro atoms. The van der Waals surface area contributed by atoms with Crippen LogP contribution in [0.25, 0.3) is 0 Å². The summed E-state index contributed by atoms with van der Waals surface area (Å²) in [5.74, 6) is 0.986. The summed E-state index contributed by atoms with van der Waals surface area (Å²) in [7, 11) is 0. The first kappa shape index (κ1) is 22.2. The average Bonchev–Trinajstić information content (AvgIpc) is 3.31. The molecular formula is C26H26N2O5. The fraction of sp³-hybridized carbons (Fsp3) is 0.231. The van der Waals surface area contributed by atoms with Gasteiger partial charge in [0.25, 0.3) is 0 Å². The van der Waals surface area contributed by atoms with Crippen LogP contribution >= 0.6 is 0 Å². The topological polar surface area (TPSA) is 77.1 Å². The average molecular weight is 447 g/mol. The quantitative estimate of drug-likeness (QED) is 0.493. The van der Waals surface area contributed by atoms with Crippen LogP contribution in [0.4, 0.5) is 10.5 Å². The van der Waals surface area contributed by atoms with Gasteiger partial charge >= 0.3 is 12.0 Å². The first-order valence-electron chi connectivity index (χ1n) is 10.8. The van der Waals surface area contributed by atoms with E-state index in [2.05, 4.69) is 5.32 Å². The van der Waals surface area contributed by atoms with Crippen molar-refractivity contribution >= 4 is 17.7 Å². The van der Waals surface area contributed by atoms with Gasteiger partial charge in [0.1, 0.15) is 0 Å². The number of carbonyl (C=O) groups is 2. The van der Waals surface area contributed by atoms with E-state index in [1.165, 1.54) is 0 Å². The first-order valence-corrected chi connectivity index (χ1v) is 10.8. The maximum absolute atomic E-state index is 13.4. The molecule has 7 nitrogen and oxygen atoms in total. The van der Waals surface area contributed by atoms with Crippen molar-refractivity contribution in [2.75, 3.05) is 18.7 Å². The van der Waals surface area contributed by atoms with Crippen LogP contribution in [0.15, 0.2) is 72.8 Å². The van der Waals surface area contributed by atoms with Crippen molar-refractivity contribution in [1.29, 1.82) is 0 Å². The molecule has 4 rings (SSSR count). The zero-order chi connectivity index (χ0) is 23.2. The minimum Gasteiger partial charge on any atom is -0.462 e. The lowest BCUT2D eigenvalue weighted by Crippen LogP contribution is -2.36. The third kappa shape index (κ3) is 5.26. The first-order chi connectivity index (χ1) is 16.0. The van der Waals surface area contributed by atoms with E-state index in [4.69, 9.17) is 14.2 Å². The molecule has 0 aliphatic carbocycles. The van der Waals surface area contributed by atoms with Crippen LogP contribution in [-0.4, -0.2) is 30.3 Å². The summed E-state index contributed by atoms with van der Waals surface area (Å²) in [6.07, 6.45) is 0. The van der Waals surface area contributed by atoms with Crippen molar-refractivity contribution in [2.24, 2.45) is 0 Å². The number of benzene rings is 3. The van der Waals surface area contributed by atoms with E-state index in [0.717, 1.165) is 11.1 Å². The second-order valence-corrected chi connectivity index (χ2v) is 7.63. The Morgan fingerprint density at radius 1 is 1.00 bits per heavy atom. The van der Waals surface area contributed by atoms with Crippen LogP contribution in [0, 0.1) is 0 Å². The van der Waals surface area contributed by atoms with E-state index >= 15 is 0 Å². The van der Waals surface area contributed by atoms with Gasteiger partial charge in [0.2, 0.25) is 6.79 Å². The van der Waals surface area contributed by atoms with Gasteiger partial charge in [-0.15, -0.1) is 0 Å². The number of urea groups is 1. The zero-order valence-electron chi connectivity index (χ0n) is 18.6. The van der Waals surface area contributed by atoms with Crippen molar-refractivity contribution in [3.63, 3.8) is 0 Å². The van der Waals surface area contributed by atoms with E-state index < -0.39 is 5.97 Å². The fourth-order valence-corrected chi connectivity index (χ4v) is 3.63. The fourth-order valence-electron chi connectivity index (χ4n) is 3.63. The number of rotatable bonds is 7. The van der Waals surface area contributed by atoms with Crippen molar-refractivity contribution in [1.82, 2.24) is 4.90 Å². The molecule has 0 saturated carbocycles. The van der Waals surface area contributed by atoms with E-state index in [9.17, 15) is 9.59 Å². The summed E-state index contributed by atoms with van der Waals surface area (Å²) in [4.78, 5) is 27.0. The lowest BCUT2D eigenvalue weighted by Gasteiger charge is -2.30.